The van der Waals surface area contributed by atoms with Gasteiger partial charge in [-0.3, -0.25) is 4.99 Å². The van der Waals surface area contributed by atoms with Crippen LogP contribution in [0.1, 0.15) is 11.3 Å². The van der Waals surface area contributed by atoms with E-state index in [0.29, 0.717) is 56.4 Å². The molecule has 0 unspecified atom stereocenters. The quantitative estimate of drug-likeness (QED) is 0.333. The second kappa shape index (κ2) is 11.0. The van der Waals surface area contributed by atoms with Crippen molar-refractivity contribution in [2.24, 2.45) is 4.99 Å². The third-order valence-corrected chi connectivity index (χ3v) is 6.40. The summed E-state index contributed by atoms with van der Waals surface area (Å²) in [7, 11) is -1.83. The van der Waals surface area contributed by atoms with Crippen LogP contribution in [0, 0.1) is 11.6 Å². The van der Waals surface area contributed by atoms with Gasteiger partial charge >= 0.3 is 0 Å². The Morgan fingerprint density at radius 1 is 1.20 bits per heavy atom. The lowest BCUT2D eigenvalue weighted by atomic mass is 10.1. The summed E-state index contributed by atoms with van der Waals surface area (Å²) in [4.78, 5) is 6.17. The number of aromatic nitrogens is 1. The molecule has 12 heteroatoms. The molecular formula is C18H24F2IN5O3S. The molecule has 1 aliphatic heterocycles. The fourth-order valence-electron chi connectivity index (χ4n) is 3.17. The predicted molar refractivity (Wildman–Crippen MR) is 119 cm³/mol. The van der Waals surface area contributed by atoms with E-state index in [9.17, 15) is 17.2 Å². The number of nitrogens with zero attached hydrogens (tertiary/aromatic N) is 4. The molecule has 0 amide bonds. The van der Waals surface area contributed by atoms with E-state index >= 15 is 0 Å². The van der Waals surface area contributed by atoms with Crippen molar-refractivity contribution in [3.63, 3.8) is 0 Å². The first-order valence-corrected chi connectivity index (χ1v) is 10.8. The Kier molecular flexibility index (Phi) is 8.97. The van der Waals surface area contributed by atoms with Crippen molar-refractivity contribution in [1.29, 1.82) is 0 Å². The van der Waals surface area contributed by atoms with Crippen LogP contribution in [0.25, 0.3) is 0 Å². The van der Waals surface area contributed by atoms with Gasteiger partial charge in [-0.05, 0) is 24.1 Å². The zero-order valence-corrected chi connectivity index (χ0v) is 19.6. The van der Waals surface area contributed by atoms with Gasteiger partial charge in [-0.15, -0.1) is 24.0 Å². The molecule has 2 aromatic rings. The second-order valence-electron chi connectivity index (χ2n) is 6.63. The SMILES string of the molecule is CN=C(NCCc1cc(F)cc(F)c1)N1CCN(S(=O)(=O)Cc2ccon2)CC1.I. The molecule has 3 rings (SSSR count). The van der Waals surface area contributed by atoms with E-state index in [-0.39, 0.29) is 29.7 Å². The van der Waals surface area contributed by atoms with Crippen molar-refractivity contribution in [3.05, 3.63) is 53.4 Å². The topological polar surface area (TPSA) is 91.0 Å². The summed E-state index contributed by atoms with van der Waals surface area (Å²) in [6, 6.07) is 4.97. The standard InChI is InChI=1S/C18H23F2N5O3S.HI/c1-21-18(22-4-2-14-10-15(19)12-16(20)11-14)24-5-7-25(8-6-24)29(26,27)13-17-3-9-28-23-17;/h3,9-12H,2,4-8,13H2,1H3,(H,21,22);1H. The van der Waals surface area contributed by atoms with Crippen molar-refractivity contribution < 1.29 is 21.7 Å². The third-order valence-electron chi connectivity index (χ3n) is 4.58. The van der Waals surface area contributed by atoms with E-state index in [0.717, 1.165) is 6.07 Å². The largest absolute Gasteiger partial charge is 0.364 e. The highest BCUT2D eigenvalue weighted by Gasteiger charge is 2.28. The molecule has 0 aliphatic carbocycles. The molecule has 0 radical (unpaired) electrons. The number of piperazine rings is 1. The fourth-order valence-corrected chi connectivity index (χ4v) is 4.60. The predicted octanol–water partition coefficient (Wildman–Crippen LogP) is 1.84. The van der Waals surface area contributed by atoms with Gasteiger partial charge < -0.3 is 14.7 Å². The minimum Gasteiger partial charge on any atom is -0.364 e. The number of rotatable bonds is 6. The monoisotopic (exact) mass is 555 g/mol. The number of guanidine groups is 1. The Labute approximate surface area is 191 Å². The van der Waals surface area contributed by atoms with Crippen LogP contribution in [-0.2, 0) is 22.2 Å². The highest BCUT2D eigenvalue weighted by atomic mass is 127. The maximum absolute atomic E-state index is 13.3. The van der Waals surface area contributed by atoms with Gasteiger partial charge in [0.25, 0.3) is 0 Å². The van der Waals surface area contributed by atoms with Crippen LogP contribution >= 0.6 is 24.0 Å². The first-order valence-electron chi connectivity index (χ1n) is 9.15. The molecular weight excluding hydrogens is 531 g/mol. The number of sulfonamides is 1. The van der Waals surface area contributed by atoms with Crippen molar-refractivity contribution in [2.45, 2.75) is 12.2 Å². The Morgan fingerprint density at radius 2 is 1.87 bits per heavy atom. The molecule has 0 saturated carbocycles. The highest BCUT2D eigenvalue weighted by Crippen LogP contribution is 2.13. The average molecular weight is 555 g/mol. The van der Waals surface area contributed by atoms with Gasteiger partial charge in [-0.1, -0.05) is 5.16 Å². The van der Waals surface area contributed by atoms with Crippen LogP contribution in [0.2, 0.25) is 0 Å². The molecule has 0 spiro atoms. The summed E-state index contributed by atoms with van der Waals surface area (Å²) in [5, 5.41) is 6.81. The van der Waals surface area contributed by atoms with E-state index < -0.39 is 21.7 Å². The minimum absolute atomic E-state index is 0. The van der Waals surface area contributed by atoms with Crippen molar-refractivity contribution >= 4 is 40.0 Å². The lowest BCUT2D eigenvalue weighted by Crippen LogP contribution is -2.54. The maximum Gasteiger partial charge on any atom is 0.220 e. The fraction of sp³-hybridized carbons (Fsp3) is 0.444. The van der Waals surface area contributed by atoms with Crippen LogP contribution in [0.5, 0.6) is 0 Å². The number of nitrogens with one attached hydrogen (secondary N) is 1. The number of hydrogen-bond acceptors (Lipinski definition) is 5. The minimum atomic E-state index is -3.47. The number of halogens is 3. The Bertz CT molecular complexity index is 928. The summed E-state index contributed by atoms with van der Waals surface area (Å²) < 4.78 is 57.7. The van der Waals surface area contributed by atoms with Gasteiger partial charge in [-0.25, -0.2) is 17.2 Å². The zero-order chi connectivity index (χ0) is 20.9. The molecule has 1 saturated heterocycles. The van der Waals surface area contributed by atoms with Gasteiger partial charge in [0.15, 0.2) is 5.96 Å². The van der Waals surface area contributed by atoms with Crippen LogP contribution < -0.4 is 5.32 Å². The second-order valence-corrected chi connectivity index (χ2v) is 8.60. The molecule has 0 bridgehead atoms. The lowest BCUT2D eigenvalue weighted by molar-refractivity contribution is 0.260. The molecule has 2 heterocycles. The van der Waals surface area contributed by atoms with Crippen molar-refractivity contribution in [2.75, 3.05) is 39.8 Å². The smallest absolute Gasteiger partial charge is 0.220 e. The van der Waals surface area contributed by atoms with E-state index in [1.807, 2.05) is 4.90 Å². The van der Waals surface area contributed by atoms with Gasteiger partial charge in [0.05, 0.1) is 5.69 Å². The maximum atomic E-state index is 13.3. The normalized spacial score (nSPS) is 15.7. The summed E-state index contributed by atoms with van der Waals surface area (Å²) in [5.74, 6) is -0.782. The Morgan fingerprint density at radius 3 is 2.43 bits per heavy atom. The van der Waals surface area contributed by atoms with Crippen LogP contribution in [0.4, 0.5) is 8.78 Å². The Hall–Kier alpha value is -1.80. The van der Waals surface area contributed by atoms with Crippen LogP contribution in [0.15, 0.2) is 40.0 Å². The first kappa shape index (κ1) is 24.5. The van der Waals surface area contributed by atoms with Crippen LogP contribution in [0.3, 0.4) is 0 Å². The zero-order valence-electron chi connectivity index (χ0n) is 16.4. The van der Waals surface area contributed by atoms with Gasteiger partial charge in [0, 0.05) is 51.9 Å². The number of hydrogen-bond donors (Lipinski definition) is 1. The molecule has 1 aromatic carbocycles. The molecule has 0 atom stereocenters. The first-order chi connectivity index (χ1) is 13.9. The van der Waals surface area contributed by atoms with Gasteiger partial charge in [0.1, 0.15) is 23.7 Å². The van der Waals surface area contributed by atoms with E-state index in [1.165, 1.54) is 28.8 Å². The van der Waals surface area contributed by atoms with Gasteiger partial charge in [0.2, 0.25) is 10.0 Å². The summed E-state index contributed by atoms with van der Waals surface area (Å²) >= 11 is 0. The molecule has 1 aliphatic rings. The lowest BCUT2D eigenvalue weighted by Gasteiger charge is -2.35. The van der Waals surface area contributed by atoms with E-state index in [2.05, 4.69) is 20.0 Å². The van der Waals surface area contributed by atoms with Crippen LogP contribution in [-0.4, -0.2) is 68.5 Å². The Balaban J connectivity index is 0.00000320. The number of aliphatic imine (C=N–C) groups is 1. The van der Waals surface area contributed by atoms with E-state index in [4.69, 9.17) is 0 Å². The summed E-state index contributed by atoms with van der Waals surface area (Å²) in [6.45, 7) is 2.06. The average Bonchev–Trinajstić information content (AvgIpc) is 3.17. The molecule has 1 fully saturated rings. The summed E-state index contributed by atoms with van der Waals surface area (Å²) in [6.07, 6.45) is 1.77. The molecule has 166 valence electrons. The van der Waals surface area contributed by atoms with Crippen molar-refractivity contribution in [3.8, 4) is 0 Å². The molecule has 30 heavy (non-hydrogen) atoms. The van der Waals surface area contributed by atoms with Crippen molar-refractivity contribution in [1.82, 2.24) is 19.7 Å². The highest BCUT2D eigenvalue weighted by molar-refractivity contribution is 14.0. The van der Waals surface area contributed by atoms with E-state index in [1.54, 1.807) is 7.05 Å². The molecule has 1 N–H and O–H groups in total. The summed E-state index contributed by atoms with van der Waals surface area (Å²) in [5.41, 5.74) is 0.924. The third kappa shape index (κ3) is 6.60. The molecule has 1 aromatic heterocycles. The molecule has 8 nitrogen and oxygen atoms in total. The van der Waals surface area contributed by atoms with Gasteiger partial charge in [-0.2, -0.15) is 4.31 Å². The number of benzene rings is 1.